The van der Waals surface area contributed by atoms with E-state index in [-0.39, 0.29) is 23.4 Å². The Labute approximate surface area is 827 Å². The normalized spacial score (nSPS) is 10.1. The molecule has 25 N–H and O–H groups in total. The summed E-state index contributed by atoms with van der Waals surface area (Å²) in [5.41, 5.74) is 83.3. The first-order valence-corrected chi connectivity index (χ1v) is 46.2. The number of para-hydroxylation sites is 3. The van der Waals surface area contributed by atoms with E-state index < -0.39 is 5.97 Å². The second-order valence-electron chi connectivity index (χ2n) is 30.3. The summed E-state index contributed by atoms with van der Waals surface area (Å²) in [5.74, 6) is 0.532. The quantitative estimate of drug-likeness (QED) is 0.0273. The molecule has 0 atom stereocenters. The molecule has 137 heavy (non-hydrogen) atoms. The van der Waals surface area contributed by atoms with Crippen LogP contribution in [-0.4, -0.2) is 72.6 Å². The van der Waals surface area contributed by atoms with Crippen molar-refractivity contribution in [1.82, 2.24) is 0 Å². The van der Waals surface area contributed by atoms with Crippen LogP contribution in [0.4, 0.5) is 84.0 Å². The van der Waals surface area contributed by atoms with Gasteiger partial charge in [0.2, 0.25) is 0 Å². The molecule has 2 aliphatic heterocycles. The zero-order valence-electron chi connectivity index (χ0n) is 80.9. The van der Waals surface area contributed by atoms with Gasteiger partial charge in [-0.3, -0.25) is 0 Å². The predicted molar refractivity (Wildman–Crippen MR) is 586 cm³/mol. The van der Waals surface area contributed by atoms with Crippen LogP contribution in [0.3, 0.4) is 0 Å². The molecule has 16 rings (SSSR count). The van der Waals surface area contributed by atoms with Gasteiger partial charge in [-0.1, -0.05) is 225 Å². The van der Waals surface area contributed by atoms with Gasteiger partial charge in [0.25, 0.3) is 0 Å². The SMILES string of the molecule is Brc1ccc2c(c1)CCN2.C=Cc1ccc(N)cc1.CC(C)c1ccc(N)cc1.CCCc1ccc(N)cc1.CCNc1ccccc1.CCOC(=O)c1cccc(N)c1.CCc1ccc(N)cc1.CCc1ccc2c(c1)CCN2.COC(=O)c1cccc(N)c1.COC(=O)c1ccccc1N.COc1ccc(OC)c(N)c1.Cc1ccc(N)cc1.Nc1ccc(Br)cc1F.Nc1ccccc1. The first kappa shape index (κ1) is 116. The lowest BCUT2D eigenvalue weighted by Crippen LogP contribution is -2.04. The van der Waals surface area contributed by atoms with Crippen LogP contribution in [0.1, 0.15) is 136 Å². The van der Waals surface area contributed by atoms with Crippen molar-refractivity contribution in [2.75, 3.05) is 134 Å². The molecule has 14 aromatic carbocycles. The van der Waals surface area contributed by atoms with Crippen molar-refractivity contribution in [3.63, 3.8) is 0 Å². The molecule has 2 heterocycles. The number of nitrogens with one attached hydrogen (secondary N) is 3. The molecule has 0 fully saturated rings. The van der Waals surface area contributed by atoms with Gasteiger partial charge in [-0.05, 0) is 286 Å². The Kier molecular flexibility index (Phi) is 57.6. The van der Waals surface area contributed by atoms with Crippen molar-refractivity contribution in [2.45, 2.75) is 99.8 Å². The highest BCUT2D eigenvalue weighted by Crippen LogP contribution is 2.28. The Hall–Kier alpha value is -15.1. The molecular weight excluding hydrogens is 1850 g/mol. The Balaban J connectivity index is 0.000000380. The van der Waals surface area contributed by atoms with Gasteiger partial charge in [0.05, 0.1) is 63.1 Å². The van der Waals surface area contributed by atoms with Crippen LogP contribution >= 0.6 is 31.9 Å². The molecule has 0 amide bonds. The standard InChI is InChI=1S/C10H13N.C9H11NO2.2C9H13N.C8H8BrN.C8H11NO2.2C8H9NO2.C8H11N.C8H9N.C8H11N.C7H9N.C6H5BrFN.C6H7N/c1-2-8-3-4-10-9(7-8)5-6-11-10;1-2-12-9(11)7-4-3-5-8(10)6-7;1-7(2)8-3-5-9(10)6-4-8;1-2-3-8-4-6-9(10)7-5-8;9-7-1-2-8-6(5-7)3-4-10-8;1-10-6-3-4-8(11-2)7(9)5-6;1-11-8(10)6-3-2-4-7(9)5-6;1-11-8(10)6-4-2-3-5-7(6)9;2*1-2-7-3-5-8(9)6-4-7;1-2-9-8-6-4-3-5-7-8;1-6-2-4-7(8)5-3-6;7-4-1-2-6(9)5(8)3-4;7-6-4-2-1-3-5-6/h3-4,7,11H,2,5-6H2,1H3;3-6H,2,10H2,1H3;3-7H,10H2,1-2H3;4-7H,2-3,10H2,1H3;1-2,5,10H,3-4H2;3-5H,9H2,1-2H3;2*2-5H,9H2,1H3;3-6H,2,9H2,1H3;2-6H,1,9H2;3-7,9H,2H2,1H3;2-5H,8H2,1H3;1-3H,9H2;1-5H,7H2. The Bertz CT molecular complexity index is 5710. The van der Waals surface area contributed by atoms with Gasteiger partial charge >= 0.3 is 17.9 Å². The lowest BCUT2D eigenvalue weighted by molar-refractivity contribution is 0.0524. The molecule has 0 aliphatic carbocycles. The van der Waals surface area contributed by atoms with E-state index in [1.165, 1.54) is 99.7 Å². The van der Waals surface area contributed by atoms with E-state index >= 15 is 0 Å². The average molecular weight is 1990 g/mol. The van der Waals surface area contributed by atoms with Crippen LogP contribution in [0.5, 0.6) is 11.5 Å². The van der Waals surface area contributed by atoms with Gasteiger partial charge in [0, 0.05) is 103 Å². The van der Waals surface area contributed by atoms with E-state index in [9.17, 15) is 18.8 Å². The maximum absolute atomic E-state index is 12.4. The number of fused-ring (bicyclic) bond motifs is 2. The highest BCUT2D eigenvalue weighted by molar-refractivity contribution is 9.10. The molecule has 25 heteroatoms. The van der Waals surface area contributed by atoms with Crippen LogP contribution < -0.4 is 88.5 Å². The van der Waals surface area contributed by atoms with Crippen LogP contribution in [0.15, 0.2) is 343 Å². The molecule has 0 bridgehead atoms. The number of halogens is 3. The molecule has 0 spiro atoms. The molecule has 0 aromatic heterocycles. The van der Waals surface area contributed by atoms with Crippen LogP contribution in [-0.2, 0) is 46.3 Å². The third kappa shape index (κ3) is 50.0. The molecular formula is C112H139Br2FN14O8. The number of nitrogen functional groups attached to an aromatic ring is 11. The zero-order chi connectivity index (χ0) is 101. The molecule has 0 radical (unpaired) electrons. The van der Waals surface area contributed by atoms with Gasteiger partial charge in [-0.25, -0.2) is 18.8 Å². The minimum absolute atomic E-state index is 0.179. The van der Waals surface area contributed by atoms with Gasteiger partial charge in [-0.2, -0.15) is 0 Å². The van der Waals surface area contributed by atoms with Crippen molar-refractivity contribution in [3.05, 3.63) is 410 Å². The summed E-state index contributed by atoms with van der Waals surface area (Å²) in [6.45, 7) is 23.9. The second kappa shape index (κ2) is 68.0. The first-order chi connectivity index (χ1) is 65.7. The molecule has 14 aromatic rings. The summed E-state index contributed by atoms with van der Waals surface area (Å²) in [6, 6.07) is 102. The molecule has 2 aliphatic rings. The lowest BCUT2D eigenvalue weighted by Gasteiger charge is -2.05. The third-order valence-corrected chi connectivity index (χ3v) is 20.2. The fraction of sp³-hybridized carbons (Fsp3) is 0.205. The highest BCUT2D eigenvalue weighted by atomic mass is 79.9. The minimum atomic E-state index is -0.400. The second-order valence-corrected chi connectivity index (χ2v) is 32.1. The average Bonchev–Trinajstić information content (AvgIpc) is 1.71. The summed E-state index contributed by atoms with van der Waals surface area (Å²) in [7, 11) is 5.85. The molecule has 0 saturated heterocycles. The van der Waals surface area contributed by atoms with Gasteiger partial charge in [0.1, 0.15) is 17.3 Å². The summed E-state index contributed by atoms with van der Waals surface area (Å²) in [5, 5.41) is 9.87. The summed E-state index contributed by atoms with van der Waals surface area (Å²) >= 11 is 6.54. The molecule has 22 nitrogen and oxygen atoms in total. The maximum atomic E-state index is 12.4. The number of hydrogen-bond acceptors (Lipinski definition) is 22. The molecule has 0 saturated carbocycles. The fourth-order valence-corrected chi connectivity index (χ4v) is 12.4. The third-order valence-electron chi connectivity index (χ3n) is 19.2. The number of rotatable bonds is 14. The largest absolute Gasteiger partial charge is 0.497 e. The lowest BCUT2D eigenvalue weighted by atomic mass is 10.0. The first-order valence-electron chi connectivity index (χ1n) is 44.7. The van der Waals surface area contributed by atoms with Gasteiger partial charge in [0.15, 0.2) is 0 Å². The number of esters is 3. The van der Waals surface area contributed by atoms with Crippen LogP contribution in [0.25, 0.3) is 6.08 Å². The number of benzene rings is 14. The number of carbonyl (C=O) groups excluding carboxylic acids is 3. The molecule has 0 unspecified atom stereocenters. The number of hydrogen-bond donors (Lipinski definition) is 14. The monoisotopic (exact) mass is 1980 g/mol. The van der Waals surface area contributed by atoms with E-state index in [1.807, 2.05) is 140 Å². The van der Waals surface area contributed by atoms with Crippen molar-refractivity contribution in [2.24, 2.45) is 0 Å². The summed E-state index contributed by atoms with van der Waals surface area (Å²) < 4.78 is 38.0. The van der Waals surface area contributed by atoms with Gasteiger partial charge in [-0.15, -0.1) is 0 Å². The van der Waals surface area contributed by atoms with Crippen molar-refractivity contribution in [1.29, 1.82) is 0 Å². The topological polar surface area (TPSA) is 420 Å². The van der Waals surface area contributed by atoms with E-state index in [4.69, 9.17) is 77.3 Å². The van der Waals surface area contributed by atoms with E-state index in [1.54, 1.807) is 124 Å². The summed E-state index contributed by atoms with van der Waals surface area (Å²) in [6.07, 6.45) is 8.73. The number of nitrogens with two attached hydrogens (primary N) is 11. The minimum Gasteiger partial charge on any atom is -0.497 e. The van der Waals surface area contributed by atoms with Crippen molar-refractivity contribution >= 4 is 135 Å². The maximum Gasteiger partial charge on any atom is 0.339 e. The smallest absolute Gasteiger partial charge is 0.339 e. The zero-order valence-corrected chi connectivity index (χ0v) is 84.0. The van der Waals surface area contributed by atoms with Crippen LogP contribution in [0.2, 0.25) is 0 Å². The van der Waals surface area contributed by atoms with E-state index in [0.717, 1.165) is 90.8 Å². The highest BCUT2D eigenvalue weighted by Gasteiger charge is 2.12. The Morgan fingerprint density at radius 2 is 0.869 bits per heavy atom. The van der Waals surface area contributed by atoms with E-state index in [2.05, 4.69) is 190 Å². The van der Waals surface area contributed by atoms with E-state index in [0.29, 0.717) is 62.2 Å². The van der Waals surface area contributed by atoms with Gasteiger partial charge < -0.3 is 103 Å². The number of anilines is 14. The van der Waals surface area contributed by atoms with Crippen molar-refractivity contribution < 1.29 is 42.5 Å². The molecule has 726 valence electrons. The Morgan fingerprint density at radius 1 is 0.423 bits per heavy atom. The Morgan fingerprint density at radius 3 is 1.30 bits per heavy atom. The van der Waals surface area contributed by atoms with Crippen molar-refractivity contribution in [3.8, 4) is 11.5 Å². The number of methoxy groups -OCH3 is 4. The number of carbonyl (C=O) groups is 3. The fourth-order valence-electron chi connectivity index (χ4n) is 11.7. The number of aryl methyl sites for hydroxylation is 4. The van der Waals surface area contributed by atoms with Crippen LogP contribution in [0, 0.1) is 12.7 Å². The summed E-state index contributed by atoms with van der Waals surface area (Å²) in [4.78, 5) is 32.9. The number of ether oxygens (including phenoxy) is 5. The predicted octanol–water partition coefficient (Wildman–Crippen LogP) is 25.0.